The first-order chi connectivity index (χ1) is 7.72. The molecule has 0 heterocycles. The number of hydrogen-bond donors (Lipinski definition) is 1. The lowest BCUT2D eigenvalue weighted by atomic mass is 9.99. The summed E-state index contributed by atoms with van der Waals surface area (Å²) < 4.78 is 0. The van der Waals surface area contributed by atoms with Crippen LogP contribution in [-0.4, -0.2) is 24.8 Å². The summed E-state index contributed by atoms with van der Waals surface area (Å²) in [7, 11) is 1.88. The van der Waals surface area contributed by atoms with E-state index in [-0.39, 0.29) is 0 Å². The second-order valence-electron chi connectivity index (χ2n) is 4.59. The fourth-order valence-corrected chi connectivity index (χ4v) is 2.09. The average molecular weight is 216 g/mol. The molecule has 0 aromatic heterocycles. The number of aliphatic imine (C=N–C) groups is 1. The van der Waals surface area contributed by atoms with Crippen molar-refractivity contribution in [1.82, 2.24) is 5.32 Å². The summed E-state index contributed by atoms with van der Waals surface area (Å²) in [5.41, 5.74) is 3.74. The van der Waals surface area contributed by atoms with Crippen molar-refractivity contribution in [2.75, 3.05) is 7.05 Å². The highest BCUT2D eigenvalue weighted by molar-refractivity contribution is 6.05. The first kappa shape index (κ1) is 11.3. The summed E-state index contributed by atoms with van der Waals surface area (Å²) >= 11 is 0. The molecule has 0 saturated heterocycles. The van der Waals surface area contributed by atoms with Crippen LogP contribution in [0.2, 0.25) is 0 Å². The predicted molar refractivity (Wildman–Crippen MR) is 69.3 cm³/mol. The van der Waals surface area contributed by atoms with E-state index in [1.54, 1.807) is 0 Å². The van der Waals surface area contributed by atoms with Crippen molar-refractivity contribution in [3.8, 4) is 0 Å². The zero-order valence-electron chi connectivity index (χ0n) is 10.3. The van der Waals surface area contributed by atoms with Crippen molar-refractivity contribution in [2.24, 2.45) is 4.99 Å². The molecule has 16 heavy (non-hydrogen) atoms. The summed E-state index contributed by atoms with van der Waals surface area (Å²) in [5, 5.41) is 3.60. The van der Waals surface area contributed by atoms with Crippen LogP contribution in [0.5, 0.6) is 0 Å². The third-order valence-electron chi connectivity index (χ3n) is 3.14. The molecule has 0 radical (unpaired) electrons. The second-order valence-corrected chi connectivity index (χ2v) is 4.59. The number of nitrogens with one attached hydrogen (secondary N) is 1. The Balaban J connectivity index is 2.18. The predicted octanol–water partition coefficient (Wildman–Crippen LogP) is 2.55. The van der Waals surface area contributed by atoms with E-state index in [9.17, 15) is 0 Å². The molecule has 1 unspecified atom stereocenters. The molecular weight excluding hydrogens is 196 g/mol. The molecule has 0 aliphatic heterocycles. The van der Waals surface area contributed by atoms with Crippen LogP contribution in [0.1, 0.15) is 30.9 Å². The first-order valence-electron chi connectivity index (χ1n) is 6.01. The van der Waals surface area contributed by atoms with Crippen LogP contribution in [0, 0.1) is 6.92 Å². The molecule has 0 bridgehead atoms. The molecule has 2 heteroatoms. The Morgan fingerprint density at radius 1 is 1.38 bits per heavy atom. The minimum Gasteiger partial charge on any atom is -0.306 e. The highest BCUT2D eigenvalue weighted by Crippen LogP contribution is 2.20. The van der Waals surface area contributed by atoms with Gasteiger partial charge in [-0.25, -0.2) is 0 Å². The lowest BCUT2D eigenvalue weighted by Crippen LogP contribution is -2.36. The van der Waals surface area contributed by atoms with Crippen LogP contribution in [0.4, 0.5) is 0 Å². The van der Waals surface area contributed by atoms with Gasteiger partial charge in [-0.15, -0.1) is 0 Å². The number of hydrogen-bond acceptors (Lipinski definition) is 2. The Kier molecular flexibility index (Phi) is 3.39. The maximum atomic E-state index is 4.45. The Labute approximate surface area is 97.8 Å². The number of aryl methyl sites for hydroxylation is 1. The van der Waals surface area contributed by atoms with Crippen molar-refractivity contribution in [2.45, 2.75) is 38.8 Å². The molecule has 1 atom stereocenters. The maximum absolute atomic E-state index is 4.45. The molecule has 0 spiro atoms. The topological polar surface area (TPSA) is 24.4 Å². The van der Waals surface area contributed by atoms with Gasteiger partial charge in [0.2, 0.25) is 0 Å². The average Bonchev–Trinajstić information content (AvgIpc) is 3.06. The zero-order chi connectivity index (χ0) is 11.5. The van der Waals surface area contributed by atoms with E-state index in [0.717, 1.165) is 6.04 Å². The van der Waals surface area contributed by atoms with Gasteiger partial charge in [-0.3, -0.25) is 4.99 Å². The molecule has 1 aromatic carbocycles. The van der Waals surface area contributed by atoms with Crippen molar-refractivity contribution in [1.29, 1.82) is 0 Å². The molecule has 1 saturated carbocycles. The van der Waals surface area contributed by atoms with Gasteiger partial charge in [0, 0.05) is 19.1 Å². The molecule has 86 valence electrons. The molecule has 1 N–H and O–H groups in total. The SMILES string of the molecule is C/N=C(\c1ccccc1C)C(C)NC1CC1. The van der Waals surface area contributed by atoms with E-state index >= 15 is 0 Å². The van der Waals surface area contributed by atoms with Crippen LogP contribution in [-0.2, 0) is 0 Å². The van der Waals surface area contributed by atoms with Crippen molar-refractivity contribution in [3.05, 3.63) is 35.4 Å². The molecule has 1 aliphatic carbocycles. The van der Waals surface area contributed by atoms with Crippen LogP contribution in [0.15, 0.2) is 29.3 Å². The number of rotatable bonds is 4. The van der Waals surface area contributed by atoms with Gasteiger partial charge >= 0.3 is 0 Å². The van der Waals surface area contributed by atoms with Crippen LogP contribution in [0.3, 0.4) is 0 Å². The molecule has 1 fully saturated rings. The second kappa shape index (κ2) is 4.79. The third-order valence-corrected chi connectivity index (χ3v) is 3.14. The van der Waals surface area contributed by atoms with E-state index < -0.39 is 0 Å². The molecule has 1 aliphatic rings. The molecule has 0 amide bonds. The summed E-state index contributed by atoms with van der Waals surface area (Å²) in [5.74, 6) is 0. The van der Waals surface area contributed by atoms with Gasteiger partial charge in [-0.1, -0.05) is 24.3 Å². The van der Waals surface area contributed by atoms with Crippen LogP contribution >= 0.6 is 0 Å². The van der Waals surface area contributed by atoms with Crippen LogP contribution < -0.4 is 5.32 Å². The van der Waals surface area contributed by atoms with E-state index in [1.807, 2.05) is 7.05 Å². The van der Waals surface area contributed by atoms with Gasteiger partial charge in [-0.05, 0) is 37.8 Å². The fraction of sp³-hybridized carbons (Fsp3) is 0.500. The lowest BCUT2D eigenvalue weighted by molar-refractivity contribution is 0.652. The van der Waals surface area contributed by atoms with Gasteiger partial charge in [0.15, 0.2) is 0 Å². The maximum Gasteiger partial charge on any atom is 0.0586 e. The summed E-state index contributed by atoms with van der Waals surface area (Å²) in [6.45, 7) is 4.34. The quantitative estimate of drug-likeness (QED) is 0.769. The van der Waals surface area contributed by atoms with Crippen molar-refractivity contribution >= 4 is 5.71 Å². The zero-order valence-corrected chi connectivity index (χ0v) is 10.3. The summed E-state index contributed by atoms with van der Waals surface area (Å²) in [6, 6.07) is 9.52. The molecule has 2 nitrogen and oxygen atoms in total. The number of nitrogens with zero attached hydrogens (tertiary/aromatic N) is 1. The van der Waals surface area contributed by atoms with E-state index in [2.05, 4.69) is 48.4 Å². The smallest absolute Gasteiger partial charge is 0.0586 e. The van der Waals surface area contributed by atoms with Gasteiger partial charge in [0.05, 0.1) is 5.71 Å². The third kappa shape index (κ3) is 2.50. The van der Waals surface area contributed by atoms with Gasteiger partial charge in [0.25, 0.3) is 0 Å². The highest BCUT2D eigenvalue weighted by Gasteiger charge is 2.25. The summed E-state index contributed by atoms with van der Waals surface area (Å²) in [6.07, 6.45) is 2.63. The van der Waals surface area contributed by atoms with Crippen molar-refractivity contribution < 1.29 is 0 Å². The minimum absolute atomic E-state index is 0.346. The lowest BCUT2D eigenvalue weighted by Gasteiger charge is -2.17. The number of benzene rings is 1. The Morgan fingerprint density at radius 2 is 2.06 bits per heavy atom. The largest absolute Gasteiger partial charge is 0.306 e. The summed E-state index contributed by atoms with van der Waals surface area (Å²) in [4.78, 5) is 4.45. The van der Waals surface area contributed by atoms with E-state index in [4.69, 9.17) is 0 Å². The minimum atomic E-state index is 0.346. The first-order valence-corrected chi connectivity index (χ1v) is 6.01. The normalized spacial score (nSPS) is 18.6. The Morgan fingerprint density at radius 3 is 2.62 bits per heavy atom. The monoisotopic (exact) mass is 216 g/mol. The Bertz CT molecular complexity index is 391. The van der Waals surface area contributed by atoms with E-state index in [0.29, 0.717) is 6.04 Å². The molecule has 2 rings (SSSR count). The molecular formula is C14H20N2. The van der Waals surface area contributed by atoms with Crippen LogP contribution in [0.25, 0.3) is 0 Å². The fourth-order valence-electron chi connectivity index (χ4n) is 2.09. The highest BCUT2D eigenvalue weighted by atomic mass is 15.0. The standard InChI is InChI=1S/C14H20N2/c1-10-6-4-5-7-13(10)14(15-3)11(2)16-12-8-9-12/h4-7,11-12,16H,8-9H2,1-3H3/b15-14-. The van der Waals surface area contributed by atoms with Crippen molar-refractivity contribution in [3.63, 3.8) is 0 Å². The van der Waals surface area contributed by atoms with E-state index in [1.165, 1.54) is 29.7 Å². The molecule has 1 aromatic rings. The van der Waals surface area contributed by atoms with Gasteiger partial charge in [0.1, 0.15) is 0 Å². The van der Waals surface area contributed by atoms with Gasteiger partial charge in [-0.2, -0.15) is 0 Å². The Hall–Kier alpha value is -1.15. The van der Waals surface area contributed by atoms with Gasteiger partial charge < -0.3 is 5.32 Å².